The predicted octanol–water partition coefficient (Wildman–Crippen LogP) is 3.01. The zero-order valence-corrected chi connectivity index (χ0v) is 13.3. The van der Waals surface area contributed by atoms with Crippen LogP contribution >= 0.6 is 27.3 Å². The van der Waals surface area contributed by atoms with E-state index in [4.69, 9.17) is 9.47 Å². The number of halogens is 1. The zero-order chi connectivity index (χ0) is 13.8. The number of hydrogen-bond acceptors (Lipinski definition) is 5. The summed E-state index contributed by atoms with van der Waals surface area (Å²) < 4.78 is 12.2. The number of fused-ring (bicyclic) bond motifs is 1. The third-order valence-corrected chi connectivity index (χ3v) is 4.25. The lowest BCUT2D eigenvalue weighted by atomic mass is 10.2. The van der Waals surface area contributed by atoms with Gasteiger partial charge >= 0.3 is 0 Å². The van der Waals surface area contributed by atoms with Crippen molar-refractivity contribution in [2.45, 2.75) is 13.0 Å². The maximum atomic E-state index is 5.62. The van der Waals surface area contributed by atoms with Crippen LogP contribution in [-0.4, -0.2) is 24.7 Å². The summed E-state index contributed by atoms with van der Waals surface area (Å²) in [4.78, 5) is 4.27. The van der Waals surface area contributed by atoms with Crippen LogP contribution in [0, 0.1) is 0 Å². The van der Waals surface area contributed by atoms with Crippen molar-refractivity contribution in [3.8, 4) is 11.5 Å². The SMILES string of the molecule is Brc1cc(CNCCc2cscn2)cc2c1OCCO2. The third kappa shape index (κ3) is 3.31. The van der Waals surface area contributed by atoms with Gasteiger partial charge in [-0.1, -0.05) is 0 Å². The highest BCUT2D eigenvalue weighted by molar-refractivity contribution is 9.10. The van der Waals surface area contributed by atoms with Crippen LogP contribution in [0.5, 0.6) is 11.5 Å². The molecule has 0 bridgehead atoms. The first-order valence-corrected chi connectivity index (χ1v) is 8.22. The van der Waals surface area contributed by atoms with Crippen LogP contribution < -0.4 is 14.8 Å². The van der Waals surface area contributed by atoms with Crippen molar-refractivity contribution in [1.29, 1.82) is 0 Å². The topological polar surface area (TPSA) is 43.4 Å². The van der Waals surface area contributed by atoms with Crippen molar-refractivity contribution < 1.29 is 9.47 Å². The molecule has 2 aromatic rings. The number of thiazole rings is 1. The van der Waals surface area contributed by atoms with Gasteiger partial charge in [0.1, 0.15) is 13.2 Å². The van der Waals surface area contributed by atoms with E-state index in [-0.39, 0.29) is 0 Å². The van der Waals surface area contributed by atoms with Gasteiger partial charge in [-0.15, -0.1) is 11.3 Å². The maximum Gasteiger partial charge on any atom is 0.175 e. The fraction of sp³-hybridized carbons (Fsp3) is 0.357. The molecule has 1 aliphatic heterocycles. The van der Waals surface area contributed by atoms with E-state index in [1.54, 1.807) is 11.3 Å². The molecule has 1 aliphatic rings. The van der Waals surface area contributed by atoms with Crippen LogP contribution in [0.3, 0.4) is 0 Å². The van der Waals surface area contributed by atoms with Crippen molar-refractivity contribution in [1.82, 2.24) is 10.3 Å². The first kappa shape index (κ1) is 13.9. The van der Waals surface area contributed by atoms with Crippen molar-refractivity contribution in [3.63, 3.8) is 0 Å². The van der Waals surface area contributed by atoms with Gasteiger partial charge in [0.05, 0.1) is 15.7 Å². The summed E-state index contributed by atoms with van der Waals surface area (Å²) in [5.74, 6) is 1.63. The Morgan fingerprint density at radius 3 is 3.05 bits per heavy atom. The Hall–Kier alpha value is -1.11. The maximum absolute atomic E-state index is 5.62. The number of ether oxygens (including phenoxy) is 2. The van der Waals surface area contributed by atoms with E-state index in [1.165, 1.54) is 5.56 Å². The molecule has 6 heteroatoms. The summed E-state index contributed by atoms with van der Waals surface area (Å²) in [6, 6.07) is 4.11. The molecule has 4 nitrogen and oxygen atoms in total. The summed E-state index contributed by atoms with van der Waals surface area (Å²) in [6.45, 7) is 2.94. The fourth-order valence-corrected chi connectivity index (χ4v) is 3.27. The molecule has 3 rings (SSSR count). The van der Waals surface area contributed by atoms with Crippen LogP contribution in [0.15, 0.2) is 27.5 Å². The van der Waals surface area contributed by atoms with E-state index in [9.17, 15) is 0 Å². The van der Waals surface area contributed by atoms with E-state index in [0.717, 1.165) is 41.2 Å². The highest BCUT2D eigenvalue weighted by Crippen LogP contribution is 2.38. The van der Waals surface area contributed by atoms with E-state index in [1.807, 2.05) is 11.6 Å². The molecule has 0 unspecified atom stereocenters. The lowest BCUT2D eigenvalue weighted by Gasteiger charge is -2.20. The molecular weight excluding hydrogens is 340 g/mol. The Balaban J connectivity index is 1.56. The molecule has 1 aromatic heterocycles. The molecular formula is C14H15BrN2O2S. The largest absolute Gasteiger partial charge is 0.486 e. The number of hydrogen-bond donors (Lipinski definition) is 1. The summed E-state index contributed by atoms with van der Waals surface area (Å²) in [5.41, 5.74) is 4.19. The van der Waals surface area contributed by atoms with Gasteiger partial charge in [0, 0.05) is 24.9 Å². The zero-order valence-electron chi connectivity index (χ0n) is 10.9. The van der Waals surface area contributed by atoms with Crippen LogP contribution in [0.25, 0.3) is 0 Å². The quantitative estimate of drug-likeness (QED) is 0.838. The predicted molar refractivity (Wildman–Crippen MR) is 82.7 cm³/mol. The Kier molecular flexibility index (Phi) is 4.54. The second kappa shape index (κ2) is 6.56. The van der Waals surface area contributed by atoms with Gasteiger partial charge in [-0.05, 0) is 33.6 Å². The second-order valence-corrected chi connectivity index (χ2v) is 6.08. The van der Waals surface area contributed by atoms with Gasteiger partial charge < -0.3 is 14.8 Å². The van der Waals surface area contributed by atoms with Gasteiger partial charge in [0.15, 0.2) is 11.5 Å². The molecule has 1 aromatic carbocycles. The molecule has 0 saturated heterocycles. The van der Waals surface area contributed by atoms with Crippen LogP contribution in [-0.2, 0) is 13.0 Å². The van der Waals surface area contributed by atoms with Crippen molar-refractivity contribution in [3.05, 3.63) is 38.8 Å². The second-order valence-electron chi connectivity index (χ2n) is 4.51. The number of benzene rings is 1. The molecule has 0 atom stereocenters. The smallest absolute Gasteiger partial charge is 0.175 e. The molecule has 0 aliphatic carbocycles. The minimum absolute atomic E-state index is 0.608. The van der Waals surface area contributed by atoms with Gasteiger partial charge in [0.2, 0.25) is 0 Å². The van der Waals surface area contributed by atoms with E-state index < -0.39 is 0 Å². The van der Waals surface area contributed by atoms with Crippen LogP contribution in [0.1, 0.15) is 11.3 Å². The summed E-state index contributed by atoms with van der Waals surface area (Å²) in [7, 11) is 0. The summed E-state index contributed by atoms with van der Waals surface area (Å²) >= 11 is 5.17. The highest BCUT2D eigenvalue weighted by atomic mass is 79.9. The van der Waals surface area contributed by atoms with E-state index in [0.29, 0.717) is 13.2 Å². The Bertz CT molecular complexity index is 575. The molecule has 0 amide bonds. The third-order valence-electron chi connectivity index (χ3n) is 3.03. The minimum atomic E-state index is 0.608. The summed E-state index contributed by atoms with van der Waals surface area (Å²) in [6.07, 6.45) is 0.954. The number of rotatable bonds is 5. The molecule has 0 radical (unpaired) electrons. The monoisotopic (exact) mass is 354 g/mol. The lowest BCUT2D eigenvalue weighted by molar-refractivity contribution is 0.170. The number of aromatic nitrogens is 1. The van der Waals surface area contributed by atoms with Crippen LogP contribution in [0.4, 0.5) is 0 Å². The Labute approximate surface area is 130 Å². The molecule has 0 saturated carbocycles. The van der Waals surface area contributed by atoms with Crippen LogP contribution in [0.2, 0.25) is 0 Å². The first-order chi connectivity index (χ1) is 9.83. The van der Waals surface area contributed by atoms with Crippen molar-refractivity contribution >= 4 is 27.3 Å². The molecule has 0 spiro atoms. The average molecular weight is 355 g/mol. The molecule has 0 fully saturated rings. The van der Waals surface area contributed by atoms with Crippen molar-refractivity contribution in [2.24, 2.45) is 0 Å². The normalized spacial score (nSPS) is 13.4. The summed E-state index contributed by atoms with van der Waals surface area (Å²) in [5, 5.41) is 5.51. The minimum Gasteiger partial charge on any atom is -0.486 e. The number of nitrogens with one attached hydrogen (secondary N) is 1. The first-order valence-electron chi connectivity index (χ1n) is 6.49. The standard InChI is InChI=1S/C14H15BrN2O2S/c15-12-5-10(6-13-14(12)19-4-3-18-13)7-16-2-1-11-8-20-9-17-11/h5-6,8-9,16H,1-4,7H2. The highest BCUT2D eigenvalue weighted by Gasteiger charge is 2.16. The number of nitrogens with zero attached hydrogens (tertiary/aromatic N) is 1. The molecule has 106 valence electrons. The van der Waals surface area contributed by atoms with Gasteiger partial charge in [0.25, 0.3) is 0 Å². The van der Waals surface area contributed by atoms with Crippen molar-refractivity contribution in [2.75, 3.05) is 19.8 Å². The average Bonchev–Trinajstić information content (AvgIpc) is 2.97. The Morgan fingerprint density at radius 1 is 1.30 bits per heavy atom. The fourth-order valence-electron chi connectivity index (χ4n) is 2.08. The van der Waals surface area contributed by atoms with Gasteiger partial charge in [-0.2, -0.15) is 0 Å². The lowest BCUT2D eigenvalue weighted by Crippen LogP contribution is -2.18. The molecule has 20 heavy (non-hydrogen) atoms. The van der Waals surface area contributed by atoms with Gasteiger partial charge in [-0.3, -0.25) is 0 Å². The van der Waals surface area contributed by atoms with E-state index >= 15 is 0 Å². The molecule has 2 heterocycles. The van der Waals surface area contributed by atoms with E-state index in [2.05, 4.69) is 37.7 Å². The van der Waals surface area contributed by atoms with Gasteiger partial charge in [-0.25, -0.2) is 4.98 Å². The Morgan fingerprint density at radius 2 is 2.20 bits per heavy atom. The molecule has 1 N–H and O–H groups in total.